The number of aromatic nitrogens is 2. The van der Waals surface area contributed by atoms with E-state index in [1.165, 1.54) is 31.5 Å². The normalized spacial score (nSPS) is 33.0. The molecule has 3 atom stereocenters. The Kier molecular flexibility index (Phi) is 2.54. The molecule has 1 aromatic rings. The molecule has 1 aliphatic carbocycles. The van der Waals surface area contributed by atoms with Crippen molar-refractivity contribution in [2.45, 2.75) is 45.1 Å². The number of nitrogens with zero attached hydrogens (tertiary/aromatic N) is 2. The first kappa shape index (κ1) is 11.3. The van der Waals surface area contributed by atoms with Crippen molar-refractivity contribution < 1.29 is 0 Å². The first-order valence-electron chi connectivity index (χ1n) is 6.79. The Balaban J connectivity index is 1.75. The number of hydrogen-bond acceptors (Lipinski definition) is 2. The van der Waals surface area contributed by atoms with Gasteiger partial charge in [-0.25, -0.2) is 0 Å². The molecule has 2 aliphatic rings. The van der Waals surface area contributed by atoms with E-state index in [4.69, 9.17) is 0 Å². The summed E-state index contributed by atoms with van der Waals surface area (Å²) in [6, 6.07) is 0.642. The topological polar surface area (TPSA) is 29.9 Å². The third-order valence-electron chi connectivity index (χ3n) is 4.47. The summed E-state index contributed by atoms with van der Waals surface area (Å²) in [5.41, 5.74) is 1.57. The molecule has 0 aromatic carbocycles. The van der Waals surface area contributed by atoms with Crippen LogP contribution in [0, 0.1) is 11.8 Å². The van der Waals surface area contributed by atoms with Gasteiger partial charge < -0.3 is 5.32 Å². The Hall–Kier alpha value is -0.830. The second-order valence-corrected chi connectivity index (χ2v) is 6.76. The number of nitrogens with one attached hydrogen (secondary N) is 1. The van der Waals surface area contributed by atoms with Crippen LogP contribution < -0.4 is 5.32 Å². The molecule has 3 rings (SSSR count). The average Bonchev–Trinajstić information content (AvgIpc) is 2.90. The molecule has 1 aromatic heterocycles. The molecule has 0 bridgehead atoms. The quantitative estimate of drug-likeness (QED) is 0.807. The Morgan fingerprint density at radius 2 is 1.88 bits per heavy atom. The molecule has 2 fully saturated rings. The van der Waals surface area contributed by atoms with Gasteiger partial charge in [-0.1, -0.05) is 20.8 Å². The van der Waals surface area contributed by atoms with Gasteiger partial charge in [0.05, 0.1) is 12.2 Å². The van der Waals surface area contributed by atoms with Crippen molar-refractivity contribution in [1.82, 2.24) is 15.1 Å². The molecule has 17 heavy (non-hydrogen) atoms. The van der Waals surface area contributed by atoms with Crippen molar-refractivity contribution in [3.05, 3.63) is 18.0 Å². The van der Waals surface area contributed by atoms with Crippen LogP contribution in [0.25, 0.3) is 0 Å². The molecule has 0 radical (unpaired) electrons. The molecule has 0 amide bonds. The van der Waals surface area contributed by atoms with Crippen molar-refractivity contribution in [2.75, 3.05) is 13.1 Å². The highest BCUT2D eigenvalue weighted by molar-refractivity contribution is 5.15. The van der Waals surface area contributed by atoms with Gasteiger partial charge in [-0.05, 0) is 48.7 Å². The molecule has 3 heteroatoms. The van der Waals surface area contributed by atoms with E-state index in [-0.39, 0.29) is 5.41 Å². The Morgan fingerprint density at radius 3 is 2.41 bits per heavy atom. The summed E-state index contributed by atoms with van der Waals surface area (Å²) in [4.78, 5) is 0. The monoisotopic (exact) mass is 233 g/mol. The highest BCUT2D eigenvalue weighted by Crippen LogP contribution is 2.41. The van der Waals surface area contributed by atoms with E-state index in [0.717, 1.165) is 11.8 Å². The van der Waals surface area contributed by atoms with E-state index in [0.29, 0.717) is 6.04 Å². The molecule has 1 unspecified atom stereocenters. The van der Waals surface area contributed by atoms with E-state index in [1.807, 2.05) is 6.20 Å². The zero-order chi connectivity index (χ0) is 12.0. The Labute approximate surface area is 104 Å². The van der Waals surface area contributed by atoms with Crippen LogP contribution in [0.4, 0.5) is 0 Å². The average molecular weight is 233 g/mol. The third kappa shape index (κ3) is 2.01. The van der Waals surface area contributed by atoms with Crippen LogP contribution in [-0.2, 0) is 5.41 Å². The first-order valence-corrected chi connectivity index (χ1v) is 6.79. The fourth-order valence-electron chi connectivity index (χ4n) is 3.28. The van der Waals surface area contributed by atoms with Gasteiger partial charge in [0, 0.05) is 6.20 Å². The molecule has 1 aliphatic heterocycles. The van der Waals surface area contributed by atoms with Crippen LogP contribution in [0.5, 0.6) is 0 Å². The molecule has 3 nitrogen and oxygen atoms in total. The second-order valence-electron chi connectivity index (χ2n) is 6.76. The molecule has 94 valence electrons. The van der Waals surface area contributed by atoms with Crippen molar-refractivity contribution >= 4 is 0 Å². The minimum atomic E-state index is 0.217. The van der Waals surface area contributed by atoms with Crippen LogP contribution >= 0.6 is 0 Å². The first-order chi connectivity index (χ1) is 8.04. The summed E-state index contributed by atoms with van der Waals surface area (Å²) in [5.74, 6) is 1.78. The minimum Gasteiger partial charge on any atom is -0.316 e. The fourth-order valence-corrected chi connectivity index (χ4v) is 3.28. The van der Waals surface area contributed by atoms with Gasteiger partial charge >= 0.3 is 0 Å². The van der Waals surface area contributed by atoms with Gasteiger partial charge in [-0.3, -0.25) is 4.68 Å². The van der Waals surface area contributed by atoms with Crippen molar-refractivity contribution in [3.8, 4) is 0 Å². The smallest absolute Gasteiger partial charge is 0.0527 e. The maximum atomic E-state index is 4.59. The standard InChI is InChI=1S/C14H23N3/c1-14(2,3)12-8-16-17(9-12)13-4-10-6-15-7-11(10)5-13/h8-11,13,15H,4-7H2,1-3H3/t10-,11+,13?. The summed E-state index contributed by atoms with van der Waals surface area (Å²) < 4.78 is 2.22. The Bertz CT molecular complexity index is 390. The largest absolute Gasteiger partial charge is 0.316 e. The molecular weight excluding hydrogens is 210 g/mol. The molecule has 1 saturated carbocycles. The maximum absolute atomic E-state index is 4.59. The van der Waals surface area contributed by atoms with Crippen LogP contribution in [0.15, 0.2) is 12.4 Å². The highest BCUT2D eigenvalue weighted by Gasteiger charge is 2.38. The van der Waals surface area contributed by atoms with Crippen molar-refractivity contribution in [3.63, 3.8) is 0 Å². The van der Waals surface area contributed by atoms with E-state index < -0.39 is 0 Å². The predicted molar refractivity (Wildman–Crippen MR) is 69.0 cm³/mol. The van der Waals surface area contributed by atoms with Crippen molar-refractivity contribution in [1.29, 1.82) is 0 Å². The number of fused-ring (bicyclic) bond motifs is 1. The maximum Gasteiger partial charge on any atom is 0.0527 e. The molecule has 1 saturated heterocycles. The lowest BCUT2D eigenvalue weighted by molar-refractivity contribution is 0.431. The second kappa shape index (κ2) is 3.84. The number of hydrogen-bond donors (Lipinski definition) is 1. The molecule has 0 spiro atoms. The zero-order valence-corrected chi connectivity index (χ0v) is 11.1. The summed E-state index contributed by atoms with van der Waals surface area (Å²) in [6.45, 7) is 9.19. The third-order valence-corrected chi connectivity index (χ3v) is 4.47. The van der Waals surface area contributed by atoms with Crippen LogP contribution in [0.3, 0.4) is 0 Å². The van der Waals surface area contributed by atoms with Gasteiger partial charge in [0.2, 0.25) is 0 Å². The van der Waals surface area contributed by atoms with Crippen LogP contribution in [0.1, 0.15) is 45.2 Å². The zero-order valence-electron chi connectivity index (χ0n) is 11.1. The highest BCUT2D eigenvalue weighted by atomic mass is 15.3. The van der Waals surface area contributed by atoms with E-state index in [9.17, 15) is 0 Å². The van der Waals surface area contributed by atoms with Crippen LogP contribution in [-0.4, -0.2) is 22.9 Å². The SMILES string of the molecule is CC(C)(C)c1cnn(C2C[C@H]3CNC[C@H]3C2)c1. The van der Waals surface area contributed by atoms with Gasteiger partial charge in [-0.2, -0.15) is 5.10 Å². The lowest BCUT2D eigenvalue weighted by atomic mass is 9.90. The van der Waals surface area contributed by atoms with Gasteiger partial charge in [-0.15, -0.1) is 0 Å². The summed E-state index contributed by atoms with van der Waals surface area (Å²) in [5, 5.41) is 8.08. The molecule has 2 heterocycles. The van der Waals surface area contributed by atoms with Gasteiger partial charge in [0.15, 0.2) is 0 Å². The fraction of sp³-hybridized carbons (Fsp3) is 0.786. The Morgan fingerprint density at radius 1 is 1.24 bits per heavy atom. The summed E-state index contributed by atoms with van der Waals surface area (Å²) in [6.07, 6.45) is 6.93. The summed E-state index contributed by atoms with van der Waals surface area (Å²) in [7, 11) is 0. The van der Waals surface area contributed by atoms with E-state index in [1.54, 1.807) is 0 Å². The lowest BCUT2D eigenvalue weighted by Crippen LogP contribution is -2.15. The van der Waals surface area contributed by atoms with Crippen LogP contribution in [0.2, 0.25) is 0 Å². The van der Waals surface area contributed by atoms with Gasteiger partial charge in [0.25, 0.3) is 0 Å². The molecule has 1 N–H and O–H groups in total. The molecular formula is C14H23N3. The van der Waals surface area contributed by atoms with E-state index in [2.05, 4.69) is 42.1 Å². The predicted octanol–water partition coefficient (Wildman–Crippen LogP) is 2.35. The number of rotatable bonds is 1. The summed E-state index contributed by atoms with van der Waals surface area (Å²) >= 11 is 0. The van der Waals surface area contributed by atoms with Gasteiger partial charge in [0.1, 0.15) is 0 Å². The lowest BCUT2D eigenvalue weighted by Gasteiger charge is -2.16. The van der Waals surface area contributed by atoms with E-state index >= 15 is 0 Å². The van der Waals surface area contributed by atoms with Crippen molar-refractivity contribution in [2.24, 2.45) is 11.8 Å². The minimum absolute atomic E-state index is 0.217.